The zero-order valence-electron chi connectivity index (χ0n) is 19.6. The van der Waals surface area contributed by atoms with Crippen LogP contribution in [0.5, 0.6) is 0 Å². The van der Waals surface area contributed by atoms with E-state index in [1.165, 1.54) is 17.4 Å². The van der Waals surface area contributed by atoms with Crippen LogP contribution in [0.25, 0.3) is 10.2 Å². The van der Waals surface area contributed by atoms with E-state index in [4.69, 9.17) is 9.72 Å². The van der Waals surface area contributed by atoms with Crippen LogP contribution >= 0.6 is 11.3 Å². The number of fused-ring (bicyclic) bond motifs is 1. The molecule has 2 aliphatic rings. The fourth-order valence-corrected chi connectivity index (χ4v) is 6.93. The number of likely N-dealkylation sites (tertiary alicyclic amines) is 1. The van der Waals surface area contributed by atoms with Crippen LogP contribution in [-0.2, 0) is 14.8 Å². The molecule has 1 aromatic heterocycles. The number of benzene rings is 1. The largest absolute Gasteiger partial charge is 0.444 e. The van der Waals surface area contributed by atoms with Crippen molar-refractivity contribution >= 4 is 37.7 Å². The molecule has 0 unspecified atom stereocenters. The van der Waals surface area contributed by atoms with Crippen LogP contribution in [0.15, 0.2) is 23.1 Å². The van der Waals surface area contributed by atoms with E-state index in [-0.39, 0.29) is 42.6 Å². The van der Waals surface area contributed by atoms with Crippen molar-refractivity contribution in [2.24, 2.45) is 0 Å². The molecule has 11 heteroatoms. The van der Waals surface area contributed by atoms with Crippen LogP contribution in [-0.4, -0.2) is 55.0 Å². The van der Waals surface area contributed by atoms with Gasteiger partial charge in [0, 0.05) is 37.9 Å². The molecule has 1 saturated heterocycles. The summed E-state index contributed by atoms with van der Waals surface area (Å²) in [6, 6.07) is 4.32. The second-order valence-electron chi connectivity index (χ2n) is 10.2. The summed E-state index contributed by atoms with van der Waals surface area (Å²) >= 11 is 1.46. The van der Waals surface area contributed by atoms with Crippen molar-refractivity contribution in [1.29, 1.82) is 0 Å². The molecule has 2 aromatic rings. The van der Waals surface area contributed by atoms with E-state index in [0.717, 1.165) is 28.1 Å². The van der Waals surface area contributed by atoms with E-state index in [1.54, 1.807) is 17.0 Å². The van der Waals surface area contributed by atoms with Crippen LogP contribution in [0.4, 0.5) is 13.6 Å². The van der Waals surface area contributed by atoms with Crippen LogP contribution in [0.1, 0.15) is 70.2 Å². The second-order valence-corrected chi connectivity index (χ2v) is 13.0. The molecule has 188 valence electrons. The highest BCUT2D eigenvalue weighted by atomic mass is 32.2. The maximum atomic E-state index is 13.4. The number of sulfonamides is 1. The highest BCUT2D eigenvalue weighted by Gasteiger charge is 2.36. The number of carbonyl (C=O) groups is 1. The van der Waals surface area contributed by atoms with Gasteiger partial charge in [-0.05, 0) is 64.7 Å². The molecular weight excluding hydrogens is 484 g/mol. The van der Waals surface area contributed by atoms with Crippen LogP contribution in [0.2, 0.25) is 0 Å². The Kier molecular flexibility index (Phi) is 6.91. The summed E-state index contributed by atoms with van der Waals surface area (Å²) in [7, 11) is -3.81. The van der Waals surface area contributed by atoms with Crippen molar-refractivity contribution in [3.8, 4) is 0 Å². The predicted octanol–water partition coefficient (Wildman–Crippen LogP) is 5.27. The van der Waals surface area contributed by atoms with Gasteiger partial charge in [-0.15, -0.1) is 11.3 Å². The lowest BCUT2D eigenvalue weighted by molar-refractivity contribution is -0.0387. The molecule has 0 radical (unpaired) electrons. The molecule has 1 aromatic carbocycles. The van der Waals surface area contributed by atoms with Crippen LogP contribution < -0.4 is 4.72 Å². The minimum Gasteiger partial charge on any atom is -0.444 e. The molecule has 1 saturated carbocycles. The molecule has 2 heterocycles. The molecule has 4 rings (SSSR count). The summed E-state index contributed by atoms with van der Waals surface area (Å²) in [5, 5.41) is 0.927. The van der Waals surface area contributed by atoms with Crippen LogP contribution in [0, 0.1) is 0 Å². The van der Waals surface area contributed by atoms with E-state index in [0.29, 0.717) is 13.1 Å². The summed E-state index contributed by atoms with van der Waals surface area (Å²) in [5.41, 5.74) is 0.196. The van der Waals surface area contributed by atoms with E-state index in [9.17, 15) is 22.0 Å². The van der Waals surface area contributed by atoms with Gasteiger partial charge in [0.15, 0.2) is 0 Å². The van der Waals surface area contributed by atoms with Crippen molar-refractivity contribution in [3.63, 3.8) is 0 Å². The SMILES string of the molecule is CC(C)(C)OC(=O)N1CCC(c2nc3ccc(S(=O)(=O)NC4CCC(F)(F)CC4)cc3s2)CC1. The summed E-state index contributed by atoms with van der Waals surface area (Å²) in [6.07, 6.45) is 0.867. The third-order valence-corrected chi connectivity index (χ3v) is 8.92. The number of alkyl halides is 2. The lowest BCUT2D eigenvalue weighted by Crippen LogP contribution is -2.41. The van der Waals surface area contributed by atoms with Crippen LogP contribution in [0.3, 0.4) is 0 Å². The molecule has 1 amide bonds. The van der Waals surface area contributed by atoms with Gasteiger partial charge in [0.2, 0.25) is 15.9 Å². The molecule has 0 spiro atoms. The Morgan fingerprint density at radius 1 is 1.18 bits per heavy atom. The monoisotopic (exact) mass is 515 g/mol. The maximum Gasteiger partial charge on any atom is 0.410 e. The molecule has 34 heavy (non-hydrogen) atoms. The Bertz CT molecular complexity index is 1140. The maximum absolute atomic E-state index is 13.4. The average Bonchev–Trinajstić information content (AvgIpc) is 3.17. The third kappa shape index (κ3) is 6.04. The first kappa shape index (κ1) is 25.2. The number of aromatic nitrogens is 1. The van der Waals surface area contributed by atoms with Gasteiger partial charge in [-0.1, -0.05) is 0 Å². The summed E-state index contributed by atoms with van der Waals surface area (Å²) in [6.45, 7) is 6.70. The van der Waals surface area contributed by atoms with E-state index >= 15 is 0 Å². The van der Waals surface area contributed by atoms with Gasteiger partial charge in [-0.25, -0.2) is 31.7 Å². The van der Waals surface area contributed by atoms with Gasteiger partial charge in [0.1, 0.15) is 5.60 Å². The molecule has 7 nitrogen and oxygen atoms in total. The lowest BCUT2D eigenvalue weighted by atomic mass is 9.93. The number of rotatable bonds is 4. The number of carbonyl (C=O) groups excluding carboxylic acids is 1. The highest BCUT2D eigenvalue weighted by Crippen LogP contribution is 2.36. The van der Waals surface area contributed by atoms with Crippen molar-refractivity contribution in [2.45, 2.75) is 87.7 Å². The number of ether oxygens (including phenoxy) is 1. The van der Waals surface area contributed by atoms with Gasteiger partial charge in [0.05, 0.1) is 20.1 Å². The standard InChI is InChI=1S/C23H31F2N3O4S2/c1-22(2,3)32-21(29)28-12-8-15(9-13-28)20-26-18-5-4-17(14-19(18)33-20)34(30,31)27-16-6-10-23(24,25)11-7-16/h4-5,14-16,27H,6-13H2,1-3H3. The Balaban J connectivity index is 1.41. The zero-order valence-corrected chi connectivity index (χ0v) is 21.3. The summed E-state index contributed by atoms with van der Waals surface area (Å²) in [5.74, 6) is -2.51. The lowest BCUT2D eigenvalue weighted by Gasteiger charge is -2.32. The molecule has 1 aliphatic carbocycles. The first-order valence-corrected chi connectivity index (χ1v) is 13.9. The number of hydrogen-bond acceptors (Lipinski definition) is 6. The number of hydrogen-bond donors (Lipinski definition) is 1. The molecule has 1 N–H and O–H groups in total. The Morgan fingerprint density at radius 3 is 2.44 bits per heavy atom. The second kappa shape index (κ2) is 9.31. The predicted molar refractivity (Wildman–Crippen MR) is 127 cm³/mol. The third-order valence-electron chi connectivity index (χ3n) is 6.22. The van der Waals surface area contributed by atoms with Crippen molar-refractivity contribution in [2.75, 3.05) is 13.1 Å². The van der Waals surface area contributed by atoms with Gasteiger partial charge in [0.25, 0.3) is 0 Å². The van der Waals surface area contributed by atoms with Crippen molar-refractivity contribution in [3.05, 3.63) is 23.2 Å². The van der Waals surface area contributed by atoms with Crippen molar-refractivity contribution in [1.82, 2.24) is 14.6 Å². The normalized spacial score (nSPS) is 20.6. The average molecular weight is 516 g/mol. The number of nitrogens with one attached hydrogen (secondary N) is 1. The first-order chi connectivity index (χ1) is 15.8. The highest BCUT2D eigenvalue weighted by molar-refractivity contribution is 7.89. The molecule has 1 aliphatic heterocycles. The summed E-state index contributed by atoms with van der Waals surface area (Å²) in [4.78, 5) is 18.8. The molecule has 0 bridgehead atoms. The van der Waals surface area contributed by atoms with E-state index < -0.39 is 27.6 Å². The molecule has 0 atom stereocenters. The smallest absolute Gasteiger partial charge is 0.410 e. The number of amides is 1. The molecule has 2 fully saturated rings. The van der Waals surface area contributed by atoms with Crippen molar-refractivity contribution < 1.29 is 26.7 Å². The fraction of sp³-hybridized carbons (Fsp3) is 0.652. The van der Waals surface area contributed by atoms with E-state index in [1.807, 2.05) is 20.8 Å². The fourth-order valence-electron chi connectivity index (χ4n) is 4.35. The van der Waals surface area contributed by atoms with Gasteiger partial charge >= 0.3 is 6.09 Å². The topological polar surface area (TPSA) is 88.6 Å². The summed E-state index contributed by atoms with van der Waals surface area (Å²) < 4.78 is 61.3. The van der Waals surface area contributed by atoms with Gasteiger partial charge in [-0.2, -0.15) is 0 Å². The Hall–Kier alpha value is -1.85. The van der Waals surface area contributed by atoms with E-state index in [2.05, 4.69) is 4.72 Å². The Morgan fingerprint density at radius 2 is 1.82 bits per heavy atom. The zero-order chi connectivity index (χ0) is 24.7. The quantitative estimate of drug-likeness (QED) is 0.600. The first-order valence-electron chi connectivity index (χ1n) is 11.6. The minimum atomic E-state index is -3.81. The van der Waals surface area contributed by atoms with Gasteiger partial charge < -0.3 is 9.64 Å². The number of thiazole rings is 1. The van der Waals surface area contributed by atoms with Gasteiger partial charge in [-0.3, -0.25) is 0 Å². The molecular formula is C23H31F2N3O4S2. The number of nitrogens with zero attached hydrogens (tertiary/aromatic N) is 2. The minimum absolute atomic E-state index is 0.118. The number of piperidine rings is 1. The number of halogens is 2. The Labute approximate surface area is 202 Å².